The number of likely N-dealkylation sites (tertiary alicyclic amines) is 1. The van der Waals surface area contributed by atoms with E-state index in [0.29, 0.717) is 11.8 Å². The van der Waals surface area contributed by atoms with Gasteiger partial charge in [-0.15, -0.1) is 0 Å². The normalized spacial score (nSPS) is 31.8. The van der Waals surface area contributed by atoms with Crippen molar-refractivity contribution in [1.29, 1.82) is 0 Å². The van der Waals surface area contributed by atoms with Crippen LogP contribution in [0.2, 0.25) is 0 Å². The molecule has 2 nitrogen and oxygen atoms in total. The van der Waals surface area contributed by atoms with Crippen LogP contribution in [0, 0.1) is 5.92 Å². The molecule has 2 heterocycles. The maximum atomic E-state index is 7.38. The van der Waals surface area contributed by atoms with Gasteiger partial charge in [-0.25, -0.2) is 0 Å². The zero-order valence-corrected chi connectivity index (χ0v) is 19.2. The summed E-state index contributed by atoms with van der Waals surface area (Å²) in [6.45, 7) is 2.55. The van der Waals surface area contributed by atoms with Crippen LogP contribution in [-0.4, -0.2) is 18.8 Å². The highest BCUT2D eigenvalue weighted by molar-refractivity contribution is 5.60. The Morgan fingerprint density at radius 1 is 0.812 bits per heavy atom. The number of allylic oxidation sites excluding steroid dienone is 2. The molecule has 0 amide bonds. The standard InChI is InChI=1S/C30H35NO/c1-3-12-23(13-4-1)22-25-16-11-17-26-28(24-14-5-2-6-15-24)27-18-7-8-19-30(27,32-29(25)26)31-20-9-10-21-31/h1-6,12-15,22,27-28H,7-11,16-21H2/p+1/b25-22+/t27-,28+,30-/m0/s1. The number of nitrogens with one attached hydrogen (secondary N) is 1. The number of hydrogen-bond acceptors (Lipinski definition) is 1. The van der Waals surface area contributed by atoms with Gasteiger partial charge in [0.05, 0.1) is 19.0 Å². The molecule has 1 saturated heterocycles. The fourth-order valence-corrected chi connectivity index (χ4v) is 7.21. The molecule has 32 heavy (non-hydrogen) atoms. The first-order chi connectivity index (χ1) is 15.9. The van der Waals surface area contributed by atoms with E-state index in [1.807, 2.05) is 0 Å². The quantitative estimate of drug-likeness (QED) is 0.646. The van der Waals surface area contributed by atoms with Crippen LogP contribution < -0.4 is 4.90 Å². The van der Waals surface area contributed by atoms with Crippen molar-refractivity contribution in [2.24, 2.45) is 5.92 Å². The first-order valence-corrected chi connectivity index (χ1v) is 12.9. The van der Waals surface area contributed by atoms with Gasteiger partial charge in [0.15, 0.2) is 0 Å². The second-order valence-electron chi connectivity index (χ2n) is 10.3. The fraction of sp³-hybridized carbons (Fsp3) is 0.467. The van der Waals surface area contributed by atoms with E-state index < -0.39 is 0 Å². The molecule has 2 aliphatic carbocycles. The van der Waals surface area contributed by atoms with Gasteiger partial charge >= 0.3 is 0 Å². The van der Waals surface area contributed by atoms with E-state index >= 15 is 0 Å². The Hall–Kier alpha value is -2.32. The van der Waals surface area contributed by atoms with Gasteiger partial charge in [-0.1, -0.05) is 67.1 Å². The van der Waals surface area contributed by atoms with E-state index in [0.717, 1.165) is 6.42 Å². The Labute approximate surface area is 193 Å². The number of ether oxygens (including phenoxy) is 1. The van der Waals surface area contributed by atoms with Gasteiger partial charge < -0.3 is 4.74 Å². The Bertz CT molecular complexity index is 1000. The molecule has 166 valence electrons. The number of hydrogen-bond donors (Lipinski definition) is 1. The van der Waals surface area contributed by atoms with E-state index in [-0.39, 0.29) is 5.72 Å². The molecule has 0 spiro atoms. The summed E-state index contributed by atoms with van der Waals surface area (Å²) in [5, 5.41) is 0. The van der Waals surface area contributed by atoms with Gasteiger partial charge in [0.1, 0.15) is 5.76 Å². The third-order valence-corrected chi connectivity index (χ3v) is 8.55. The molecule has 4 aliphatic rings. The molecule has 0 bridgehead atoms. The fourth-order valence-electron chi connectivity index (χ4n) is 7.21. The SMILES string of the molecule is C(=C1/CCCC2=C1O[C@@]1([NH+]3CCCC3)CCCC[C@H]1[C@@H]2c1ccccc1)/c1ccccc1. The Kier molecular flexibility index (Phi) is 5.43. The average Bonchev–Trinajstić information content (AvgIpc) is 3.40. The highest BCUT2D eigenvalue weighted by Crippen LogP contribution is 2.54. The highest BCUT2D eigenvalue weighted by Gasteiger charge is 2.59. The van der Waals surface area contributed by atoms with Crippen LogP contribution in [0.3, 0.4) is 0 Å². The maximum absolute atomic E-state index is 7.38. The summed E-state index contributed by atoms with van der Waals surface area (Å²) in [4.78, 5) is 1.74. The minimum atomic E-state index is -0.0405. The lowest BCUT2D eigenvalue weighted by Gasteiger charge is -2.54. The van der Waals surface area contributed by atoms with Crippen LogP contribution in [0.5, 0.6) is 0 Å². The van der Waals surface area contributed by atoms with Crippen molar-refractivity contribution < 1.29 is 9.64 Å². The lowest BCUT2D eigenvalue weighted by molar-refractivity contribution is -0.975. The zero-order valence-electron chi connectivity index (χ0n) is 19.2. The van der Waals surface area contributed by atoms with E-state index in [1.54, 1.807) is 10.5 Å². The molecular formula is C30H36NO+. The Balaban J connectivity index is 1.52. The van der Waals surface area contributed by atoms with Crippen molar-refractivity contribution in [1.82, 2.24) is 0 Å². The van der Waals surface area contributed by atoms with Gasteiger partial charge in [-0.2, -0.15) is 0 Å². The van der Waals surface area contributed by atoms with Gasteiger partial charge in [0, 0.05) is 25.2 Å². The first-order valence-electron chi connectivity index (χ1n) is 12.9. The highest BCUT2D eigenvalue weighted by atomic mass is 16.5. The molecule has 3 atom stereocenters. The summed E-state index contributed by atoms with van der Waals surface area (Å²) < 4.78 is 7.38. The summed E-state index contributed by atoms with van der Waals surface area (Å²) >= 11 is 0. The summed E-state index contributed by atoms with van der Waals surface area (Å²) in [6, 6.07) is 22.3. The molecule has 2 aliphatic heterocycles. The van der Waals surface area contributed by atoms with E-state index in [2.05, 4.69) is 66.7 Å². The van der Waals surface area contributed by atoms with Crippen LogP contribution >= 0.6 is 0 Å². The molecule has 2 aromatic carbocycles. The molecule has 2 aromatic rings. The Morgan fingerprint density at radius 3 is 2.34 bits per heavy atom. The number of quaternary nitrogens is 1. The molecular weight excluding hydrogens is 390 g/mol. The topological polar surface area (TPSA) is 13.7 Å². The van der Waals surface area contributed by atoms with Gasteiger partial charge in [-0.3, -0.25) is 4.90 Å². The second kappa shape index (κ2) is 8.56. The predicted molar refractivity (Wildman–Crippen MR) is 130 cm³/mol. The average molecular weight is 427 g/mol. The first kappa shape index (κ1) is 20.3. The smallest absolute Gasteiger partial charge is 0.245 e. The van der Waals surface area contributed by atoms with Crippen molar-refractivity contribution in [3.63, 3.8) is 0 Å². The van der Waals surface area contributed by atoms with Crippen LogP contribution in [-0.2, 0) is 4.74 Å². The number of fused-ring (bicyclic) bond motifs is 1. The molecule has 1 N–H and O–H groups in total. The molecule has 2 heteroatoms. The summed E-state index contributed by atoms with van der Waals surface area (Å²) in [7, 11) is 0. The third-order valence-electron chi connectivity index (χ3n) is 8.55. The van der Waals surface area contributed by atoms with E-state index in [1.165, 1.54) is 86.9 Å². The minimum Gasteiger partial charge on any atom is -0.440 e. The summed E-state index contributed by atoms with van der Waals surface area (Å²) in [5.74, 6) is 2.38. The van der Waals surface area contributed by atoms with Gasteiger partial charge in [0.25, 0.3) is 0 Å². The number of benzene rings is 2. The Morgan fingerprint density at radius 2 is 1.56 bits per heavy atom. The minimum absolute atomic E-state index is 0.0405. The van der Waals surface area contributed by atoms with Gasteiger partial charge in [0.2, 0.25) is 5.72 Å². The molecule has 0 aromatic heterocycles. The van der Waals surface area contributed by atoms with E-state index in [9.17, 15) is 0 Å². The molecule has 6 rings (SSSR count). The lowest BCUT2D eigenvalue weighted by Crippen LogP contribution is -3.20. The van der Waals surface area contributed by atoms with Crippen LogP contribution in [0.25, 0.3) is 6.08 Å². The second-order valence-corrected chi connectivity index (χ2v) is 10.3. The summed E-state index contributed by atoms with van der Waals surface area (Å²) in [5.41, 5.74) is 5.79. The van der Waals surface area contributed by atoms with Crippen molar-refractivity contribution in [3.05, 3.63) is 88.7 Å². The molecule has 0 radical (unpaired) electrons. The zero-order chi connectivity index (χ0) is 21.4. The largest absolute Gasteiger partial charge is 0.440 e. The third kappa shape index (κ3) is 3.44. The van der Waals surface area contributed by atoms with Crippen molar-refractivity contribution in [2.75, 3.05) is 13.1 Å². The van der Waals surface area contributed by atoms with E-state index in [4.69, 9.17) is 4.74 Å². The van der Waals surface area contributed by atoms with Crippen molar-refractivity contribution in [3.8, 4) is 0 Å². The number of rotatable bonds is 3. The lowest BCUT2D eigenvalue weighted by atomic mass is 9.64. The van der Waals surface area contributed by atoms with Crippen molar-refractivity contribution in [2.45, 2.75) is 69.4 Å². The van der Waals surface area contributed by atoms with Crippen LogP contribution in [0.4, 0.5) is 0 Å². The van der Waals surface area contributed by atoms with Crippen molar-refractivity contribution >= 4 is 6.08 Å². The monoisotopic (exact) mass is 426 g/mol. The molecule has 2 fully saturated rings. The van der Waals surface area contributed by atoms with Gasteiger partial charge in [-0.05, 0) is 60.5 Å². The molecule has 1 saturated carbocycles. The predicted octanol–water partition coefficient (Wildman–Crippen LogP) is 5.89. The van der Waals surface area contributed by atoms with Crippen LogP contribution in [0.15, 0.2) is 77.6 Å². The molecule has 0 unspecified atom stereocenters. The summed E-state index contributed by atoms with van der Waals surface area (Å²) in [6.07, 6.45) is 13.8. The van der Waals surface area contributed by atoms with Crippen LogP contribution in [0.1, 0.15) is 74.8 Å². The maximum Gasteiger partial charge on any atom is 0.245 e.